The standard InChI is InChI=1S/C17H14FN3O3S/c1-25(23,24)20-17(22)13-4-8-15(9-5-13)21-16(10-11-19-21)12-2-6-14(18)7-3-12/h2-11H,1H3,(H,20,22). The van der Waals surface area contributed by atoms with Gasteiger partial charge in [0.1, 0.15) is 5.82 Å². The molecule has 0 fully saturated rings. The van der Waals surface area contributed by atoms with Crippen LogP contribution in [0.3, 0.4) is 0 Å². The van der Waals surface area contributed by atoms with E-state index in [0.29, 0.717) is 5.69 Å². The second-order valence-corrected chi connectivity index (χ2v) is 7.13. The van der Waals surface area contributed by atoms with Gasteiger partial charge >= 0.3 is 0 Å². The van der Waals surface area contributed by atoms with Gasteiger partial charge in [-0.15, -0.1) is 0 Å². The van der Waals surface area contributed by atoms with Crippen LogP contribution in [0.4, 0.5) is 4.39 Å². The lowest BCUT2D eigenvalue weighted by atomic mass is 10.1. The molecule has 0 radical (unpaired) electrons. The first-order chi connectivity index (χ1) is 11.8. The first-order valence-corrected chi connectivity index (χ1v) is 9.15. The highest BCUT2D eigenvalue weighted by Crippen LogP contribution is 2.22. The fraction of sp³-hybridized carbons (Fsp3) is 0.0588. The first-order valence-electron chi connectivity index (χ1n) is 7.26. The predicted molar refractivity (Wildman–Crippen MR) is 91.3 cm³/mol. The first kappa shape index (κ1) is 16.8. The number of hydrogen-bond acceptors (Lipinski definition) is 4. The number of carbonyl (C=O) groups is 1. The zero-order chi connectivity index (χ0) is 18.0. The molecule has 0 aliphatic heterocycles. The van der Waals surface area contributed by atoms with Crippen LogP contribution in [0.2, 0.25) is 0 Å². The fourth-order valence-corrected chi connectivity index (χ4v) is 2.78. The summed E-state index contributed by atoms with van der Waals surface area (Å²) in [6, 6.07) is 14.1. The van der Waals surface area contributed by atoms with Crippen molar-refractivity contribution in [3.05, 3.63) is 72.2 Å². The lowest BCUT2D eigenvalue weighted by molar-refractivity contribution is 0.0981. The molecule has 2 aromatic carbocycles. The van der Waals surface area contributed by atoms with E-state index in [1.165, 1.54) is 24.3 Å². The van der Waals surface area contributed by atoms with Crippen molar-refractivity contribution in [1.29, 1.82) is 0 Å². The normalized spacial score (nSPS) is 11.3. The Morgan fingerprint density at radius 2 is 1.68 bits per heavy atom. The summed E-state index contributed by atoms with van der Waals surface area (Å²) in [5.41, 5.74) is 2.44. The van der Waals surface area contributed by atoms with Gasteiger partial charge in [-0.05, 0) is 54.6 Å². The summed E-state index contributed by atoms with van der Waals surface area (Å²) in [6.07, 6.45) is 2.53. The lowest BCUT2D eigenvalue weighted by Crippen LogP contribution is -2.29. The average Bonchev–Trinajstić information content (AvgIpc) is 3.04. The van der Waals surface area contributed by atoms with Gasteiger partial charge in [0.25, 0.3) is 5.91 Å². The molecule has 0 spiro atoms. The number of amides is 1. The van der Waals surface area contributed by atoms with Crippen LogP contribution in [0.5, 0.6) is 0 Å². The summed E-state index contributed by atoms with van der Waals surface area (Å²) in [5.74, 6) is -1.02. The molecule has 3 rings (SSSR count). The van der Waals surface area contributed by atoms with Crippen LogP contribution in [-0.2, 0) is 10.0 Å². The number of nitrogens with zero attached hydrogens (tertiary/aromatic N) is 2. The van der Waals surface area contributed by atoms with Gasteiger partial charge in [0, 0.05) is 11.1 Å². The topological polar surface area (TPSA) is 81.1 Å². The molecule has 25 heavy (non-hydrogen) atoms. The molecule has 6 nitrogen and oxygen atoms in total. The summed E-state index contributed by atoms with van der Waals surface area (Å²) in [6.45, 7) is 0. The second-order valence-electron chi connectivity index (χ2n) is 5.39. The Morgan fingerprint density at radius 1 is 1.04 bits per heavy atom. The van der Waals surface area contributed by atoms with E-state index in [-0.39, 0.29) is 11.4 Å². The maximum atomic E-state index is 13.1. The molecule has 0 atom stereocenters. The highest BCUT2D eigenvalue weighted by atomic mass is 32.2. The summed E-state index contributed by atoms with van der Waals surface area (Å²) in [7, 11) is -3.62. The zero-order valence-electron chi connectivity index (χ0n) is 13.2. The van der Waals surface area contributed by atoms with Gasteiger partial charge in [0.15, 0.2) is 0 Å². The van der Waals surface area contributed by atoms with E-state index in [1.54, 1.807) is 41.2 Å². The molecule has 1 aromatic heterocycles. The molecule has 1 heterocycles. The molecule has 0 unspecified atom stereocenters. The van der Waals surface area contributed by atoms with Crippen molar-refractivity contribution >= 4 is 15.9 Å². The van der Waals surface area contributed by atoms with Crippen LogP contribution >= 0.6 is 0 Å². The number of nitrogens with one attached hydrogen (secondary N) is 1. The molecule has 0 saturated heterocycles. The molecule has 8 heteroatoms. The molecule has 0 bridgehead atoms. The maximum absolute atomic E-state index is 13.1. The Hall–Kier alpha value is -3.00. The van der Waals surface area contributed by atoms with Crippen molar-refractivity contribution in [2.45, 2.75) is 0 Å². The van der Waals surface area contributed by atoms with E-state index in [4.69, 9.17) is 0 Å². The summed E-state index contributed by atoms with van der Waals surface area (Å²) in [4.78, 5) is 11.8. The predicted octanol–water partition coefficient (Wildman–Crippen LogP) is 2.37. The van der Waals surface area contributed by atoms with Crippen LogP contribution in [-0.4, -0.2) is 30.4 Å². The van der Waals surface area contributed by atoms with Gasteiger partial charge < -0.3 is 0 Å². The maximum Gasteiger partial charge on any atom is 0.264 e. The van der Waals surface area contributed by atoms with Gasteiger partial charge in [-0.3, -0.25) is 4.79 Å². The lowest BCUT2D eigenvalue weighted by Gasteiger charge is -2.09. The van der Waals surface area contributed by atoms with E-state index >= 15 is 0 Å². The van der Waals surface area contributed by atoms with Gasteiger partial charge in [0.05, 0.1) is 23.8 Å². The number of hydrogen-bond donors (Lipinski definition) is 1. The zero-order valence-corrected chi connectivity index (χ0v) is 14.0. The van der Waals surface area contributed by atoms with Crippen molar-refractivity contribution in [1.82, 2.24) is 14.5 Å². The van der Waals surface area contributed by atoms with Crippen LogP contribution in [0.1, 0.15) is 10.4 Å². The largest absolute Gasteiger partial charge is 0.268 e. The summed E-state index contributed by atoms with van der Waals surface area (Å²) >= 11 is 0. The monoisotopic (exact) mass is 359 g/mol. The van der Waals surface area contributed by atoms with Crippen molar-refractivity contribution in [2.75, 3.05) is 6.26 Å². The Balaban J connectivity index is 1.90. The molecular weight excluding hydrogens is 345 g/mol. The van der Waals surface area contributed by atoms with Crippen LogP contribution in [0.25, 0.3) is 16.9 Å². The molecule has 128 valence electrons. The smallest absolute Gasteiger partial charge is 0.264 e. The van der Waals surface area contributed by atoms with E-state index in [9.17, 15) is 17.6 Å². The molecule has 0 aliphatic carbocycles. The third-order valence-corrected chi connectivity index (χ3v) is 3.99. The SMILES string of the molecule is CS(=O)(=O)NC(=O)c1ccc(-n2nccc2-c2ccc(F)cc2)cc1. The van der Waals surface area contributed by atoms with Crippen LogP contribution < -0.4 is 4.72 Å². The second kappa shape index (κ2) is 6.48. The van der Waals surface area contributed by atoms with Crippen LogP contribution in [0.15, 0.2) is 60.8 Å². The van der Waals surface area contributed by atoms with Gasteiger partial charge in [-0.1, -0.05) is 0 Å². The molecule has 0 aliphatic rings. The average molecular weight is 359 g/mol. The van der Waals surface area contributed by atoms with Gasteiger partial charge in [-0.2, -0.15) is 5.10 Å². The number of halogens is 1. The van der Waals surface area contributed by atoms with Gasteiger partial charge in [0.2, 0.25) is 10.0 Å². The van der Waals surface area contributed by atoms with E-state index in [2.05, 4.69) is 5.10 Å². The van der Waals surface area contributed by atoms with E-state index in [0.717, 1.165) is 17.5 Å². The van der Waals surface area contributed by atoms with E-state index in [1.807, 2.05) is 4.72 Å². The van der Waals surface area contributed by atoms with Gasteiger partial charge in [-0.25, -0.2) is 22.2 Å². The summed E-state index contributed by atoms with van der Waals surface area (Å²) in [5, 5.41) is 4.25. The molecule has 0 saturated carbocycles. The minimum atomic E-state index is -3.62. The minimum absolute atomic E-state index is 0.213. The van der Waals surface area contributed by atoms with Crippen molar-refractivity contribution in [2.24, 2.45) is 0 Å². The van der Waals surface area contributed by atoms with Crippen molar-refractivity contribution in [3.63, 3.8) is 0 Å². The Bertz CT molecular complexity index is 1010. The molecule has 3 aromatic rings. The van der Waals surface area contributed by atoms with Crippen molar-refractivity contribution < 1.29 is 17.6 Å². The number of rotatable bonds is 4. The van der Waals surface area contributed by atoms with E-state index < -0.39 is 15.9 Å². The Labute approximate surface area is 144 Å². The number of benzene rings is 2. The molecule has 1 amide bonds. The number of carbonyl (C=O) groups excluding carboxylic acids is 1. The number of aromatic nitrogens is 2. The molecule has 1 N–H and O–H groups in total. The quantitative estimate of drug-likeness (QED) is 0.775. The highest BCUT2D eigenvalue weighted by molar-refractivity contribution is 7.89. The highest BCUT2D eigenvalue weighted by Gasteiger charge is 2.12. The van der Waals surface area contributed by atoms with Crippen LogP contribution in [0, 0.1) is 5.82 Å². The minimum Gasteiger partial charge on any atom is -0.268 e. The van der Waals surface area contributed by atoms with Crippen molar-refractivity contribution in [3.8, 4) is 16.9 Å². The third-order valence-electron chi connectivity index (χ3n) is 3.43. The Kier molecular flexibility index (Phi) is 4.37. The fourth-order valence-electron chi connectivity index (χ4n) is 2.33. The third kappa shape index (κ3) is 3.92. The number of sulfonamides is 1. The Morgan fingerprint density at radius 3 is 2.28 bits per heavy atom. The summed E-state index contributed by atoms with van der Waals surface area (Å²) < 4.78 is 38.9. The molecular formula is C17H14FN3O3S.